The minimum atomic E-state index is -0.0528. The van der Waals surface area contributed by atoms with Crippen LogP contribution in [0.3, 0.4) is 0 Å². The Bertz CT molecular complexity index is 1730. The lowest BCUT2D eigenvalue weighted by atomic mass is 10.0. The molecule has 1 atom stereocenters. The van der Waals surface area contributed by atoms with Crippen molar-refractivity contribution in [3.05, 3.63) is 108 Å². The van der Waals surface area contributed by atoms with Gasteiger partial charge in [-0.25, -0.2) is 0 Å². The van der Waals surface area contributed by atoms with Crippen LogP contribution in [-0.4, -0.2) is 67.8 Å². The van der Waals surface area contributed by atoms with Crippen molar-refractivity contribution in [3.8, 4) is 17.1 Å². The van der Waals surface area contributed by atoms with Crippen molar-refractivity contribution in [1.29, 1.82) is 0 Å². The molecular formula is C35H35N5O2S. The Hall–Kier alpha value is -4.43. The monoisotopic (exact) mass is 589 g/mol. The second-order valence-electron chi connectivity index (χ2n) is 11.0. The first-order valence-electron chi connectivity index (χ1n) is 14.8. The Morgan fingerprint density at radius 2 is 1.60 bits per heavy atom. The molecule has 2 amide bonds. The van der Waals surface area contributed by atoms with Crippen molar-refractivity contribution in [2.24, 2.45) is 0 Å². The third-order valence-electron chi connectivity index (χ3n) is 7.98. The number of nitrogens with zero attached hydrogens (tertiary/aromatic N) is 5. The van der Waals surface area contributed by atoms with Crippen molar-refractivity contribution in [1.82, 2.24) is 24.6 Å². The normalized spacial score (nSPS) is 15.2. The van der Waals surface area contributed by atoms with Gasteiger partial charge in [0.1, 0.15) is 0 Å². The maximum absolute atomic E-state index is 13.5. The van der Waals surface area contributed by atoms with Gasteiger partial charge in [0.25, 0.3) is 5.91 Å². The third kappa shape index (κ3) is 6.20. The molecule has 0 spiro atoms. The topological polar surface area (TPSA) is 71.3 Å². The highest BCUT2D eigenvalue weighted by molar-refractivity contribution is 7.99. The van der Waals surface area contributed by atoms with E-state index in [1.807, 2.05) is 89.5 Å². The second-order valence-corrected chi connectivity index (χ2v) is 12.1. The number of aromatic nitrogens is 3. The first kappa shape index (κ1) is 28.7. The van der Waals surface area contributed by atoms with Gasteiger partial charge in [0, 0.05) is 54.7 Å². The van der Waals surface area contributed by atoms with Gasteiger partial charge in [-0.3, -0.25) is 14.2 Å². The van der Waals surface area contributed by atoms with Crippen LogP contribution in [0.15, 0.2) is 102 Å². The number of carbonyl (C=O) groups is 2. The molecule has 5 aromatic rings. The lowest BCUT2D eigenvalue weighted by Crippen LogP contribution is -2.55. The summed E-state index contributed by atoms with van der Waals surface area (Å²) >= 11 is 1.62. The molecule has 0 N–H and O–H groups in total. The van der Waals surface area contributed by atoms with E-state index < -0.39 is 0 Å². The van der Waals surface area contributed by atoms with Crippen LogP contribution in [0.2, 0.25) is 0 Å². The van der Waals surface area contributed by atoms with Gasteiger partial charge in [-0.2, -0.15) is 0 Å². The highest BCUT2D eigenvalue weighted by atomic mass is 32.2. The van der Waals surface area contributed by atoms with E-state index in [0.29, 0.717) is 26.1 Å². The molecule has 0 saturated carbocycles. The van der Waals surface area contributed by atoms with Crippen LogP contribution >= 0.6 is 11.8 Å². The van der Waals surface area contributed by atoms with Gasteiger partial charge >= 0.3 is 0 Å². The number of hydrogen-bond acceptors (Lipinski definition) is 5. The Morgan fingerprint density at radius 3 is 2.40 bits per heavy atom. The van der Waals surface area contributed by atoms with E-state index >= 15 is 0 Å². The Morgan fingerprint density at radius 1 is 0.860 bits per heavy atom. The molecule has 1 unspecified atom stereocenters. The maximum Gasteiger partial charge on any atom is 0.254 e. The highest BCUT2D eigenvalue weighted by Crippen LogP contribution is 2.29. The minimum absolute atomic E-state index is 0.0281. The number of fused-ring (bicyclic) bond motifs is 1. The van der Waals surface area contributed by atoms with Crippen LogP contribution < -0.4 is 0 Å². The summed E-state index contributed by atoms with van der Waals surface area (Å²) in [5.74, 6) is 1.71. The molecule has 43 heavy (non-hydrogen) atoms. The Balaban J connectivity index is 1.06. The predicted octanol–water partition coefficient (Wildman–Crippen LogP) is 6.64. The summed E-state index contributed by atoms with van der Waals surface area (Å²) in [6, 6.07) is 32.2. The van der Waals surface area contributed by atoms with Gasteiger partial charge in [0.15, 0.2) is 11.0 Å². The fraction of sp³-hybridized carbons (Fsp3) is 0.257. The summed E-state index contributed by atoms with van der Waals surface area (Å²) in [5.41, 5.74) is 3.93. The smallest absolute Gasteiger partial charge is 0.254 e. The van der Waals surface area contributed by atoms with Crippen LogP contribution in [-0.2, 0) is 4.79 Å². The summed E-state index contributed by atoms with van der Waals surface area (Å²) in [4.78, 5) is 30.5. The van der Waals surface area contributed by atoms with E-state index in [0.717, 1.165) is 50.7 Å². The van der Waals surface area contributed by atoms with Gasteiger partial charge < -0.3 is 9.80 Å². The largest absolute Gasteiger partial charge is 0.339 e. The molecule has 1 aliphatic heterocycles. The van der Waals surface area contributed by atoms with Crippen molar-refractivity contribution in [2.45, 2.75) is 37.9 Å². The predicted molar refractivity (Wildman–Crippen MR) is 173 cm³/mol. The molecular weight excluding hydrogens is 554 g/mol. The van der Waals surface area contributed by atoms with Crippen molar-refractivity contribution in [3.63, 3.8) is 0 Å². The van der Waals surface area contributed by atoms with Crippen molar-refractivity contribution in [2.75, 3.05) is 25.4 Å². The van der Waals surface area contributed by atoms with E-state index in [9.17, 15) is 9.59 Å². The molecule has 8 heteroatoms. The summed E-state index contributed by atoms with van der Waals surface area (Å²) < 4.78 is 2.09. The molecule has 1 saturated heterocycles. The standard InChI is InChI=1S/C35H35N5O2S/c1-25-17-19-29(20-18-25)40-33(28-11-4-3-5-12-28)36-37-35(40)43-23-9-16-32(41)38-21-22-39(26(2)24-38)34(42)31-15-8-13-27-10-6-7-14-30(27)31/h3-8,10-15,17-20,26H,9,16,21-24H2,1-2H3. The number of rotatable bonds is 8. The molecule has 7 nitrogen and oxygen atoms in total. The molecule has 1 fully saturated rings. The quantitative estimate of drug-likeness (QED) is 0.150. The van der Waals surface area contributed by atoms with Crippen LogP contribution in [0.4, 0.5) is 0 Å². The van der Waals surface area contributed by atoms with E-state index in [4.69, 9.17) is 0 Å². The summed E-state index contributed by atoms with van der Waals surface area (Å²) in [7, 11) is 0. The van der Waals surface area contributed by atoms with E-state index in [2.05, 4.69) is 46.0 Å². The Labute approximate surface area is 256 Å². The van der Waals surface area contributed by atoms with Gasteiger partial charge in [0.05, 0.1) is 0 Å². The highest BCUT2D eigenvalue weighted by Gasteiger charge is 2.30. The molecule has 0 radical (unpaired) electrons. The van der Waals surface area contributed by atoms with Gasteiger partial charge in [-0.05, 0) is 49.2 Å². The number of hydrogen-bond donors (Lipinski definition) is 0. The fourth-order valence-electron chi connectivity index (χ4n) is 5.66. The van der Waals surface area contributed by atoms with E-state index in [-0.39, 0.29) is 17.9 Å². The molecule has 0 bridgehead atoms. The maximum atomic E-state index is 13.5. The fourth-order valence-corrected chi connectivity index (χ4v) is 6.55. The molecule has 4 aromatic carbocycles. The van der Waals surface area contributed by atoms with Crippen LogP contribution in [0.5, 0.6) is 0 Å². The van der Waals surface area contributed by atoms with Gasteiger partial charge in [-0.1, -0.05) is 96.2 Å². The second kappa shape index (κ2) is 12.8. The third-order valence-corrected chi connectivity index (χ3v) is 9.00. The number of benzene rings is 4. The molecule has 218 valence electrons. The SMILES string of the molecule is Cc1ccc(-n2c(SCCCC(=O)N3CCN(C(=O)c4cccc5ccccc45)C(C)C3)nnc2-c2ccccc2)cc1. The lowest BCUT2D eigenvalue weighted by Gasteiger charge is -2.40. The zero-order chi connectivity index (χ0) is 29.8. The number of piperazine rings is 1. The van der Waals surface area contributed by atoms with Crippen LogP contribution in [0.1, 0.15) is 35.7 Å². The minimum Gasteiger partial charge on any atom is -0.339 e. The first-order chi connectivity index (χ1) is 21.0. The number of carbonyl (C=O) groups excluding carboxylic acids is 2. The van der Waals surface area contributed by atoms with Crippen molar-refractivity contribution < 1.29 is 9.59 Å². The number of thioether (sulfide) groups is 1. The molecule has 6 rings (SSSR count). The van der Waals surface area contributed by atoms with E-state index in [1.165, 1.54) is 5.56 Å². The molecule has 0 aliphatic carbocycles. The average Bonchev–Trinajstić information content (AvgIpc) is 3.47. The van der Waals surface area contributed by atoms with Crippen LogP contribution in [0, 0.1) is 6.92 Å². The van der Waals surface area contributed by atoms with Crippen LogP contribution in [0.25, 0.3) is 27.8 Å². The Kier molecular flexibility index (Phi) is 8.56. The van der Waals surface area contributed by atoms with E-state index in [1.54, 1.807) is 11.8 Å². The van der Waals surface area contributed by atoms with Gasteiger partial charge in [0.2, 0.25) is 5.91 Å². The van der Waals surface area contributed by atoms with Crippen molar-refractivity contribution >= 4 is 34.3 Å². The average molecular weight is 590 g/mol. The summed E-state index contributed by atoms with van der Waals surface area (Å²) in [5, 5.41) is 11.9. The zero-order valence-electron chi connectivity index (χ0n) is 24.5. The van der Waals surface area contributed by atoms with Gasteiger partial charge in [-0.15, -0.1) is 10.2 Å². The summed E-state index contributed by atoms with van der Waals surface area (Å²) in [6.07, 6.45) is 1.19. The number of amides is 2. The summed E-state index contributed by atoms with van der Waals surface area (Å²) in [6.45, 7) is 5.73. The molecule has 1 aromatic heterocycles. The molecule has 1 aliphatic rings. The number of aryl methyl sites for hydroxylation is 1. The molecule has 2 heterocycles. The lowest BCUT2D eigenvalue weighted by molar-refractivity contribution is -0.133. The zero-order valence-corrected chi connectivity index (χ0v) is 25.3. The first-order valence-corrected chi connectivity index (χ1v) is 15.8.